The number of ether oxygens (including phenoxy) is 2. The standard InChI is InChI=1S/C15H13ClN2O4S/c16-10-7-12-13(22-6-5-21-12)8-11(10)17-14(19)9-23-15-3-1-2-4-18(15)20/h1-4,7-8H,5-6,9H2,(H,17,19). The van der Waals surface area contributed by atoms with Crippen LogP contribution in [-0.4, -0.2) is 24.9 Å². The average molecular weight is 353 g/mol. The van der Waals surface area contributed by atoms with E-state index in [-0.39, 0.29) is 11.7 Å². The number of rotatable bonds is 4. The molecule has 0 saturated heterocycles. The summed E-state index contributed by atoms with van der Waals surface area (Å²) in [6, 6.07) is 8.28. The maximum absolute atomic E-state index is 12.0. The number of nitrogens with one attached hydrogen (secondary N) is 1. The Balaban J connectivity index is 1.65. The van der Waals surface area contributed by atoms with Gasteiger partial charge >= 0.3 is 0 Å². The summed E-state index contributed by atoms with van der Waals surface area (Å²) in [5, 5.41) is 15.1. The van der Waals surface area contributed by atoms with E-state index in [0.29, 0.717) is 40.4 Å². The van der Waals surface area contributed by atoms with Crippen molar-refractivity contribution in [3.05, 3.63) is 46.8 Å². The summed E-state index contributed by atoms with van der Waals surface area (Å²) in [5.74, 6) is 0.934. The highest BCUT2D eigenvalue weighted by molar-refractivity contribution is 7.99. The predicted octanol–water partition coefficient (Wildman–Crippen LogP) is 2.48. The predicted molar refractivity (Wildman–Crippen MR) is 87.2 cm³/mol. The molecule has 0 spiro atoms. The Labute approximate surface area is 141 Å². The van der Waals surface area contributed by atoms with Crippen molar-refractivity contribution in [1.82, 2.24) is 0 Å². The van der Waals surface area contributed by atoms with Gasteiger partial charge in [-0.3, -0.25) is 4.79 Å². The van der Waals surface area contributed by atoms with E-state index in [9.17, 15) is 10.0 Å². The molecule has 2 heterocycles. The van der Waals surface area contributed by atoms with Gasteiger partial charge in [0.2, 0.25) is 5.91 Å². The Morgan fingerprint density at radius 1 is 1.30 bits per heavy atom. The second-order valence-corrected chi connectivity index (χ2v) is 6.08. The maximum atomic E-state index is 12.0. The SMILES string of the molecule is O=C(CSc1cccc[n+]1[O-])Nc1cc2c(cc1Cl)OCCO2. The van der Waals surface area contributed by atoms with Crippen molar-refractivity contribution >= 4 is 35.0 Å². The first-order valence-electron chi connectivity index (χ1n) is 6.83. The fourth-order valence-corrected chi connectivity index (χ4v) is 2.92. The van der Waals surface area contributed by atoms with Gasteiger partial charge < -0.3 is 20.0 Å². The third-order valence-corrected chi connectivity index (χ3v) is 4.38. The zero-order chi connectivity index (χ0) is 16.2. The van der Waals surface area contributed by atoms with Crippen molar-refractivity contribution in [3.63, 3.8) is 0 Å². The number of carbonyl (C=O) groups is 1. The number of fused-ring (bicyclic) bond motifs is 1. The number of halogens is 1. The second kappa shape index (κ2) is 6.97. The zero-order valence-electron chi connectivity index (χ0n) is 12.0. The first-order valence-corrected chi connectivity index (χ1v) is 8.20. The van der Waals surface area contributed by atoms with Crippen molar-refractivity contribution in [2.24, 2.45) is 0 Å². The molecule has 120 valence electrons. The highest BCUT2D eigenvalue weighted by Crippen LogP contribution is 2.38. The minimum atomic E-state index is -0.266. The Morgan fingerprint density at radius 2 is 2.04 bits per heavy atom. The van der Waals surface area contributed by atoms with Crippen LogP contribution in [0.5, 0.6) is 11.5 Å². The van der Waals surface area contributed by atoms with Gasteiger partial charge in [0.05, 0.1) is 16.5 Å². The van der Waals surface area contributed by atoms with Crippen LogP contribution in [0.2, 0.25) is 5.02 Å². The number of amides is 1. The smallest absolute Gasteiger partial charge is 0.251 e. The summed E-state index contributed by atoms with van der Waals surface area (Å²) in [7, 11) is 0. The molecule has 1 N–H and O–H groups in total. The van der Waals surface area contributed by atoms with Gasteiger partial charge in [-0.15, -0.1) is 0 Å². The lowest BCUT2D eigenvalue weighted by Gasteiger charge is -2.19. The van der Waals surface area contributed by atoms with Gasteiger partial charge in [0, 0.05) is 24.3 Å². The quantitative estimate of drug-likeness (QED) is 0.520. The zero-order valence-corrected chi connectivity index (χ0v) is 13.5. The Kier molecular flexibility index (Phi) is 4.78. The van der Waals surface area contributed by atoms with E-state index >= 15 is 0 Å². The fraction of sp³-hybridized carbons (Fsp3) is 0.200. The molecule has 0 radical (unpaired) electrons. The van der Waals surface area contributed by atoms with E-state index in [4.69, 9.17) is 21.1 Å². The van der Waals surface area contributed by atoms with Gasteiger partial charge in [-0.05, 0) is 17.8 Å². The molecule has 0 aliphatic carbocycles. The number of pyridine rings is 1. The molecule has 23 heavy (non-hydrogen) atoms. The van der Waals surface area contributed by atoms with Crippen molar-refractivity contribution in [1.29, 1.82) is 0 Å². The summed E-state index contributed by atoms with van der Waals surface area (Å²) in [5.41, 5.74) is 0.449. The molecule has 3 rings (SSSR count). The van der Waals surface area contributed by atoms with Crippen LogP contribution >= 0.6 is 23.4 Å². The number of aromatic nitrogens is 1. The van der Waals surface area contributed by atoms with Crippen LogP contribution in [-0.2, 0) is 4.79 Å². The van der Waals surface area contributed by atoms with Gasteiger partial charge in [-0.25, -0.2) is 0 Å². The van der Waals surface area contributed by atoms with Crippen LogP contribution in [0.4, 0.5) is 5.69 Å². The Morgan fingerprint density at radius 3 is 2.78 bits per heavy atom. The minimum absolute atomic E-state index is 0.0943. The lowest BCUT2D eigenvalue weighted by Crippen LogP contribution is -2.28. The molecule has 1 aliphatic rings. The highest BCUT2D eigenvalue weighted by Gasteiger charge is 2.17. The van der Waals surface area contributed by atoms with Crippen LogP contribution < -0.4 is 19.5 Å². The summed E-state index contributed by atoms with van der Waals surface area (Å²) in [6.45, 7) is 0.924. The molecule has 0 saturated carbocycles. The van der Waals surface area contributed by atoms with Crippen molar-refractivity contribution in [3.8, 4) is 11.5 Å². The number of carbonyl (C=O) groups excluding carboxylic acids is 1. The first kappa shape index (κ1) is 15.8. The Hall–Kier alpha value is -2.12. The lowest BCUT2D eigenvalue weighted by atomic mass is 10.2. The molecule has 0 unspecified atom stereocenters. The average Bonchev–Trinajstić information content (AvgIpc) is 2.55. The van der Waals surface area contributed by atoms with Crippen LogP contribution in [0.3, 0.4) is 0 Å². The second-order valence-electron chi connectivity index (χ2n) is 4.68. The molecule has 6 nitrogen and oxygen atoms in total. The van der Waals surface area contributed by atoms with Gasteiger partial charge in [-0.2, -0.15) is 4.73 Å². The molecule has 1 amide bonds. The molecule has 1 aromatic carbocycles. The molecule has 0 bridgehead atoms. The summed E-state index contributed by atoms with van der Waals surface area (Å²) in [6.07, 6.45) is 1.39. The lowest BCUT2D eigenvalue weighted by molar-refractivity contribution is -0.645. The molecule has 0 atom stereocenters. The van der Waals surface area contributed by atoms with E-state index in [1.807, 2.05) is 0 Å². The fourth-order valence-electron chi connectivity index (χ4n) is 2.01. The topological polar surface area (TPSA) is 74.5 Å². The highest BCUT2D eigenvalue weighted by atomic mass is 35.5. The molecule has 1 aromatic heterocycles. The molecule has 2 aromatic rings. The van der Waals surface area contributed by atoms with Crippen LogP contribution in [0.1, 0.15) is 0 Å². The van der Waals surface area contributed by atoms with Gasteiger partial charge in [-0.1, -0.05) is 11.6 Å². The van der Waals surface area contributed by atoms with E-state index in [1.54, 1.807) is 30.3 Å². The van der Waals surface area contributed by atoms with Crippen molar-refractivity contribution in [2.45, 2.75) is 5.03 Å². The summed E-state index contributed by atoms with van der Waals surface area (Å²) < 4.78 is 11.6. The summed E-state index contributed by atoms with van der Waals surface area (Å²) >= 11 is 7.28. The number of thioether (sulfide) groups is 1. The van der Waals surface area contributed by atoms with E-state index in [2.05, 4.69) is 5.32 Å². The Bertz CT molecular complexity index is 741. The van der Waals surface area contributed by atoms with Crippen molar-refractivity contribution < 1.29 is 19.0 Å². The van der Waals surface area contributed by atoms with E-state index in [1.165, 1.54) is 6.20 Å². The van der Waals surface area contributed by atoms with Crippen LogP contribution in [0.25, 0.3) is 0 Å². The van der Waals surface area contributed by atoms with Gasteiger partial charge in [0.25, 0.3) is 5.03 Å². The molecular weight excluding hydrogens is 340 g/mol. The largest absolute Gasteiger partial charge is 0.618 e. The molecule has 8 heteroatoms. The van der Waals surface area contributed by atoms with E-state index in [0.717, 1.165) is 16.5 Å². The molecule has 1 aliphatic heterocycles. The maximum Gasteiger partial charge on any atom is 0.251 e. The summed E-state index contributed by atoms with van der Waals surface area (Å²) in [4.78, 5) is 12.0. The monoisotopic (exact) mass is 352 g/mol. The number of hydrogen-bond acceptors (Lipinski definition) is 5. The van der Waals surface area contributed by atoms with Gasteiger partial charge in [0.15, 0.2) is 17.7 Å². The number of benzene rings is 1. The van der Waals surface area contributed by atoms with Crippen molar-refractivity contribution in [2.75, 3.05) is 24.3 Å². The number of hydrogen-bond donors (Lipinski definition) is 1. The molecule has 0 fully saturated rings. The normalized spacial score (nSPS) is 12.7. The van der Waals surface area contributed by atoms with E-state index < -0.39 is 0 Å². The third-order valence-electron chi connectivity index (χ3n) is 3.05. The first-order chi connectivity index (χ1) is 11.1. The number of anilines is 1. The third kappa shape index (κ3) is 3.80. The number of nitrogens with zero attached hydrogens (tertiary/aromatic N) is 1. The molecular formula is C15H13ClN2O4S. The van der Waals surface area contributed by atoms with Crippen LogP contribution in [0.15, 0.2) is 41.6 Å². The van der Waals surface area contributed by atoms with Crippen LogP contribution in [0, 0.1) is 5.21 Å². The minimum Gasteiger partial charge on any atom is -0.618 e. The van der Waals surface area contributed by atoms with Gasteiger partial charge in [0.1, 0.15) is 13.2 Å².